The number of allylic oxidation sites excluding steroid dienone is 1. The molecule has 0 aromatic heterocycles. The first-order valence-electron chi connectivity index (χ1n) is 6.07. The van der Waals surface area contributed by atoms with E-state index in [0.717, 1.165) is 30.4 Å². The van der Waals surface area contributed by atoms with Crippen molar-refractivity contribution in [1.82, 2.24) is 0 Å². The number of benzene rings is 1. The van der Waals surface area contributed by atoms with E-state index in [4.69, 9.17) is 5.26 Å². The molecule has 0 saturated heterocycles. The van der Waals surface area contributed by atoms with Gasteiger partial charge in [0.05, 0.1) is 11.6 Å². The molecular formula is C15H17NO. The predicted molar refractivity (Wildman–Crippen MR) is 67.3 cm³/mol. The van der Waals surface area contributed by atoms with E-state index in [0.29, 0.717) is 5.56 Å². The zero-order valence-electron chi connectivity index (χ0n) is 10.1. The molecule has 0 aliphatic heterocycles. The second kappa shape index (κ2) is 4.73. The molecule has 0 radical (unpaired) electrons. The Bertz CT molecular complexity index is 480. The van der Waals surface area contributed by atoms with E-state index in [-0.39, 0.29) is 0 Å². The standard InChI is InChI=1S/C15H17NO/c1-15(17,13-7-3-2-4-8-13)14-9-5-6-12(10-14)11-16/h5-7,9-10,17H,2-4,8H2,1H3. The molecule has 1 aliphatic carbocycles. The molecule has 0 heterocycles. The summed E-state index contributed by atoms with van der Waals surface area (Å²) in [5, 5.41) is 19.5. The van der Waals surface area contributed by atoms with Crippen molar-refractivity contribution < 1.29 is 5.11 Å². The van der Waals surface area contributed by atoms with E-state index >= 15 is 0 Å². The maximum absolute atomic E-state index is 10.7. The lowest BCUT2D eigenvalue weighted by Crippen LogP contribution is -2.25. The maximum Gasteiger partial charge on any atom is 0.108 e. The van der Waals surface area contributed by atoms with Crippen molar-refractivity contribution in [2.24, 2.45) is 0 Å². The van der Waals surface area contributed by atoms with Crippen molar-refractivity contribution in [2.75, 3.05) is 0 Å². The first-order valence-corrected chi connectivity index (χ1v) is 6.07. The van der Waals surface area contributed by atoms with Crippen LogP contribution in [0.5, 0.6) is 0 Å². The third-order valence-electron chi connectivity index (χ3n) is 3.47. The fourth-order valence-electron chi connectivity index (χ4n) is 2.36. The highest BCUT2D eigenvalue weighted by Crippen LogP contribution is 2.35. The Morgan fingerprint density at radius 1 is 1.35 bits per heavy atom. The zero-order valence-corrected chi connectivity index (χ0v) is 10.1. The molecule has 1 unspecified atom stereocenters. The number of nitrogens with zero attached hydrogens (tertiary/aromatic N) is 1. The lowest BCUT2D eigenvalue weighted by Gasteiger charge is -2.29. The molecule has 0 fully saturated rings. The topological polar surface area (TPSA) is 44.0 Å². The summed E-state index contributed by atoms with van der Waals surface area (Å²) in [5.74, 6) is 0. The molecular weight excluding hydrogens is 210 g/mol. The Morgan fingerprint density at radius 2 is 2.18 bits per heavy atom. The number of hydrogen-bond acceptors (Lipinski definition) is 2. The normalized spacial score (nSPS) is 19.0. The smallest absolute Gasteiger partial charge is 0.108 e. The van der Waals surface area contributed by atoms with Gasteiger partial charge < -0.3 is 5.11 Å². The van der Waals surface area contributed by atoms with Crippen molar-refractivity contribution in [3.63, 3.8) is 0 Å². The molecule has 0 bridgehead atoms. The van der Waals surface area contributed by atoms with Gasteiger partial charge in [0.2, 0.25) is 0 Å². The molecule has 0 spiro atoms. The van der Waals surface area contributed by atoms with Crippen LogP contribution < -0.4 is 0 Å². The highest BCUT2D eigenvalue weighted by Gasteiger charge is 2.28. The molecule has 17 heavy (non-hydrogen) atoms. The van der Waals surface area contributed by atoms with Crippen molar-refractivity contribution in [3.8, 4) is 6.07 Å². The average Bonchev–Trinajstić information content (AvgIpc) is 2.40. The second-order valence-electron chi connectivity index (χ2n) is 4.74. The molecule has 0 amide bonds. The lowest BCUT2D eigenvalue weighted by molar-refractivity contribution is 0.0914. The zero-order chi connectivity index (χ0) is 12.3. The Labute approximate surface area is 102 Å². The first-order chi connectivity index (χ1) is 8.14. The van der Waals surface area contributed by atoms with Gasteiger partial charge in [0.1, 0.15) is 5.60 Å². The fourth-order valence-corrected chi connectivity index (χ4v) is 2.36. The van der Waals surface area contributed by atoms with Crippen LogP contribution in [0.3, 0.4) is 0 Å². The first kappa shape index (κ1) is 11.9. The number of rotatable bonds is 2. The summed E-state index contributed by atoms with van der Waals surface area (Å²) >= 11 is 0. The van der Waals surface area contributed by atoms with Crippen LogP contribution in [0.2, 0.25) is 0 Å². The van der Waals surface area contributed by atoms with Crippen LogP contribution in [0.25, 0.3) is 0 Å². The van der Waals surface area contributed by atoms with Crippen molar-refractivity contribution in [3.05, 3.63) is 47.0 Å². The third-order valence-corrected chi connectivity index (χ3v) is 3.47. The predicted octanol–water partition coefficient (Wildman–Crippen LogP) is 3.27. The largest absolute Gasteiger partial charge is 0.381 e. The van der Waals surface area contributed by atoms with Gasteiger partial charge in [-0.05, 0) is 55.9 Å². The molecule has 1 aromatic rings. The van der Waals surface area contributed by atoms with Gasteiger partial charge >= 0.3 is 0 Å². The Hall–Kier alpha value is -1.59. The van der Waals surface area contributed by atoms with Crippen molar-refractivity contribution >= 4 is 0 Å². The van der Waals surface area contributed by atoms with Crippen LogP contribution in [-0.2, 0) is 5.60 Å². The molecule has 0 saturated carbocycles. The SMILES string of the molecule is CC(O)(C1=CCCCC1)c1cccc(C#N)c1. The number of hydrogen-bond donors (Lipinski definition) is 1. The van der Waals surface area contributed by atoms with Crippen LogP contribution in [0.15, 0.2) is 35.9 Å². The molecule has 1 aromatic carbocycles. The molecule has 1 N–H and O–H groups in total. The number of aliphatic hydroxyl groups is 1. The number of nitriles is 1. The summed E-state index contributed by atoms with van der Waals surface area (Å²) in [6.45, 7) is 1.82. The third kappa shape index (κ3) is 2.40. The Kier molecular flexibility index (Phi) is 3.31. The molecule has 2 heteroatoms. The van der Waals surface area contributed by atoms with Gasteiger partial charge in [-0.1, -0.05) is 18.2 Å². The van der Waals surface area contributed by atoms with Gasteiger partial charge in [-0.15, -0.1) is 0 Å². The summed E-state index contributed by atoms with van der Waals surface area (Å²) in [7, 11) is 0. The Balaban J connectivity index is 2.36. The van der Waals surface area contributed by atoms with Gasteiger partial charge in [-0.2, -0.15) is 5.26 Å². The maximum atomic E-state index is 10.7. The van der Waals surface area contributed by atoms with Crippen LogP contribution in [0, 0.1) is 11.3 Å². The quantitative estimate of drug-likeness (QED) is 0.788. The molecule has 1 atom stereocenters. The van der Waals surface area contributed by atoms with E-state index in [1.807, 2.05) is 19.1 Å². The minimum Gasteiger partial charge on any atom is -0.381 e. The van der Waals surface area contributed by atoms with Gasteiger partial charge in [-0.3, -0.25) is 0 Å². The monoisotopic (exact) mass is 227 g/mol. The van der Waals surface area contributed by atoms with Gasteiger partial charge in [-0.25, -0.2) is 0 Å². The summed E-state index contributed by atoms with van der Waals surface area (Å²) in [5.41, 5.74) is 1.55. The van der Waals surface area contributed by atoms with E-state index in [1.54, 1.807) is 12.1 Å². The summed E-state index contributed by atoms with van der Waals surface area (Å²) in [6, 6.07) is 9.35. The minimum atomic E-state index is -0.937. The fraction of sp³-hybridized carbons (Fsp3) is 0.400. The second-order valence-corrected chi connectivity index (χ2v) is 4.74. The lowest BCUT2D eigenvalue weighted by atomic mass is 9.81. The highest BCUT2D eigenvalue weighted by atomic mass is 16.3. The summed E-state index contributed by atoms with van der Waals surface area (Å²) < 4.78 is 0. The molecule has 88 valence electrons. The average molecular weight is 227 g/mol. The van der Waals surface area contributed by atoms with E-state index < -0.39 is 5.60 Å². The van der Waals surface area contributed by atoms with Gasteiger partial charge in [0.15, 0.2) is 0 Å². The molecule has 2 nitrogen and oxygen atoms in total. The van der Waals surface area contributed by atoms with Gasteiger partial charge in [0.25, 0.3) is 0 Å². The molecule has 2 rings (SSSR count). The van der Waals surface area contributed by atoms with E-state index in [9.17, 15) is 5.11 Å². The van der Waals surface area contributed by atoms with E-state index in [1.165, 1.54) is 6.42 Å². The highest BCUT2D eigenvalue weighted by molar-refractivity contribution is 5.39. The van der Waals surface area contributed by atoms with Crippen molar-refractivity contribution in [2.45, 2.75) is 38.2 Å². The summed E-state index contributed by atoms with van der Waals surface area (Å²) in [4.78, 5) is 0. The van der Waals surface area contributed by atoms with Crippen LogP contribution in [0.4, 0.5) is 0 Å². The molecule has 1 aliphatic rings. The van der Waals surface area contributed by atoms with Gasteiger partial charge in [0, 0.05) is 0 Å². The van der Waals surface area contributed by atoms with Crippen LogP contribution >= 0.6 is 0 Å². The minimum absolute atomic E-state index is 0.596. The van der Waals surface area contributed by atoms with Crippen LogP contribution in [0.1, 0.15) is 43.7 Å². The van der Waals surface area contributed by atoms with E-state index in [2.05, 4.69) is 12.1 Å². The Morgan fingerprint density at radius 3 is 2.82 bits per heavy atom. The summed E-state index contributed by atoms with van der Waals surface area (Å²) in [6.07, 6.45) is 6.48. The van der Waals surface area contributed by atoms with Crippen LogP contribution in [-0.4, -0.2) is 5.11 Å². The van der Waals surface area contributed by atoms with Crippen molar-refractivity contribution in [1.29, 1.82) is 5.26 Å².